The minimum absolute atomic E-state index is 0. The molecule has 0 unspecified atom stereocenters. The summed E-state index contributed by atoms with van der Waals surface area (Å²) in [5, 5.41) is 8.71. The first-order chi connectivity index (χ1) is 8.17. The van der Waals surface area contributed by atoms with E-state index in [1.54, 1.807) is 24.3 Å². The lowest BCUT2D eigenvalue weighted by atomic mass is 10.0. The lowest BCUT2D eigenvalue weighted by Crippen LogP contribution is -2.36. The number of nitrogens with two attached hydrogens (primary N) is 1. The fourth-order valence-electron chi connectivity index (χ4n) is 1.49. The first kappa shape index (κ1) is 18.6. The Morgan fingerprint density at radius 2 is 1.79 bits per heavy atom. The number of hydrogen-bond donors (Lipinski definition) is 2. The molecule has 1 atom stereocenters. The highest BCUT2D eigenvalue weighted by Crippen LogP contribution is 2.39. The van der Waals surface area contributed by atoms with E-state index in [9.17, 15) is 8.78 Å². The van der Waals surface area contributed by atoms with Crippen molar-refractivity contribution >= 4 is 24.2 Å². The predicted molar refractivity (Wildman–Crippen MR) is 78.3 cm³/mol. The van der Waals surface area contributed by atoms with Crippen molar-refractivity contribution in [2.24, 2.45) is 5.73 Å². The Morgan fingerprint density at radius 1 is 1.26 bits per heavy atom. The molecule has 2 nitrogen and oxygen atoms in total. The van der Waals surface area contributed by atoms with E-state index in [4.69, 9.17) is 10.8 Å². The molecule has 0 fully saturated rings. The number of benzene rings is 1. The fraction of sp³-hybridized carbons (Fsp3) is 0.538. The Balaban J connectivity index is 0.00000324. The summed E-state index contributed by atoms with van der Waals surface area (Å²) in [5.41, 5.74) is 5.95. The van der Waals surface area contributed by atoms with Crippen LogP contribution in [0.2, 0.25) is 0 Å². The van der Waals surface area contributed by atoms with Gasteiger partial charge >= 0.3 is 0 Å². The average molecular weight is 312 g/mol. The predicted octanol–water partition coefficient (Wildman–Crippen LogP) is 3.63. The minimum Gasteiger partial charge on any atom is -0.390 e. The molecule has 0 saturated heterocycles. The highest BCUT2D eigenvalue weighted by atomic mass is 35.5. The second kappa shape index (κ2) is 6.88. The van der Waals surface area contributed by atoms with Crippen LogP contribution in [0.1, 0.15) is 32.4 Å². The van der Waals surface area contributed by atoms with E-state index in [-0.39, 0.29) is 17.2 Å². The van der Waals surface area contributed by atoms with Crippen molar-refractivity contribution in [1.29, 1.82) is 0 Å². The number of halogens is 3. The standard InChI is InChI=1S/C13H19F2NOS.ClH/c1-12(2,3)18-10-7-5-4-6-9(10)11(16)13(14,15)8-17;/h4-7,11,17H,8,16H2,1-3H3;1H/t11-;/m1./s1. The third-order valence-electron chi connectivity index (χ3n) is 2.34. The van der Waals surface area contributed by atoms with Gasteiger partial charge in [0, 0.05) is 9.64 Å². The van der Waals surface area contributed by atoms with Crippen molar-refractivity contribution < 1.29 is 13.9 Å². The smallest absolute Gasteiger partial charge is 0.289 e. The van der Waals surface area contributed by atoms with E-state index in [0.717, 1.165) is 4.90 Å². The Hall–Kier alpha value is -0.360. The zero-order chi connectivity index (χ0) is 14.0. The molecule has 0 aliphatic carbocycles. The molecular weight excluding hydrogens is 292 g/mol. The summed E-state index contributed by atoms with van der Waals surface area (Å²) < 4.78 is 26.8. The van der Waals surface area contributed by atoms with E-state index in [1.165, 1.54) is 11.8 Å². The molecule has 3 N–H and O–H groups in total. The molecule has 6 heteroatoms. The topological polar surface area (TPSA) is 46.2 Å². The summed E-state index contributed by atoms with van der Waals surface area (Å²) in [6, 6.07) is 5.34. The van der Waals surface area contributed by atoms with E-state index in [2.05, 4.69) is 0 Å². The van der Waals surface area contributed by atoms with E-state index < -0.39 is 18.6 Å². The van der Waals surface area contributed by atoms with Gasteiger partial charge in [0.15, 0.2) is 0 Å². The van der Waals surface area contributed by atoms with Crippen LogP contribution in [0.4, 0.5) is 8.78 Å². The monoisotopic (exact) mass is 311 g/mol. The van der Waals surface area contributed by atoms with Crippen LogP contribution >= 0.6 is 24.2 Å². The van der Waals surface area contributed by atoms with Gasteiger partial charge in [-0.15, -0.1) is 24.2 Å². The molecule has 1 aromatic rings. The molecule has 0 amide bonds. The van der Waals surface area contributed by atoms with Gasteiger partial charge in [-0.05, 0) is 11.6 Å². The van der Waals surface area contributed by atoms with Crippen molar-refractivity contribution in [1.82, 2.24) is 0 Å². The third-order valence-corrected chi connectivity index (χ3v) is 3.54. The van der Waals surface area contributed by atoms with Gasteiger partial charge in [-0.3, -0.25) is 0 Å². The van der Waals surface area contributed by atoms with Gasteiger partial charge < -0.3 is 10.8 Å². The van der Waals surface area contributed by atoms with Gasteiger partial charge in [0.25, 0.3) is 5.92 Å². The Labute approximate surface area is 123 Å². The van der Waals surface area contributed by atoms with E-state index in [1.807, 2.05) is 20.8 Å². The number of alkyl halides is 2. The Kier molecular flexibility index (Phi) is 6.75. The van der Waals surface area contributed by atoms with Crippen LogP contribution in [0.15, 0.2) is 29.2 Å². The van der Waals surface area contributed by atoms with Crippen LogP contribution in [0.3, 0.4) is 0 Å². The molecule has 0 aromatic heterocycles. The van der Waals surface area contributed by atoms with Crippen LogP contribution in [0.25, 0.3) is 0 Å². The summed E-state index contributed by atoms with van der Waals surface area (Å²) in [6.45, 7) is 4.77. The fourth-order valence-corrected chi connectivity index (χ4v) is 2.61. The largest absolute Gasteiger partial charge is 0.390 e. The average Bonchev–Trinajstić information content (AvgIpc) is 2.26. The quantitative estimate of drug-likeness (QED) is 0.835. The number of aliphatic hydroxyl groups is 1. The number of aliphatic hydroxyl groups excluding tert-OH is 1. The Morgan fingerprint density at radius 3 is 2.26 bits per heavy atom. The number of thioether (sulfide) groups is 1. The van der Waals surface area contributed by atoms with Crippen molar-refractivity contribution in [2.45, 2.75) is 42.4 Å². The number of hydrogen-bond acceptors (Lipinski definition) is 3. The van der Waals surface area contributed by atoms with Crippen molar-refractivity contribution in [3.8, 4) is 0 Å². The van der Waals surface area contributed by atoms with Crippen LogP contribution in [-0.2, 0) is 0 Å². The minimum atomic E-state index is -3.31. The summed E-state index contributed by atoms with van der Waals surface area (Å²) >= 11 is 1.49. The van der Waals surface area contributed by atoms with Gasteiger partial charge in [0.05, 0.1) is 6.04 Å². The first-order valence-electron chi connectivity index (χ1n) is 5.69. The first-order valence-corrected chi connectivity index (χ1v) is 6.51. The zero-order valence-corrected chi connectivity index (χ0v) is 12.8. The van der Waals surface area contributed by atoms with Gasteiger partial charge in [-0.2, -0.15) is 0 Å². The lowest BCUT2D eigenvalue weighted by Gasteiger charge is -2.26. The van der Waals surface area contributed by atoms with E-state index >= 15 is 0 Å². The van der Waals surface area contributed by atoms with Gasteiger partial charge in [-0.1, -0.05) is 39.0 Å². The van der Waals surface area contributed by atoms with Crippen LogP contribution in [-0.4, -0.2) is 22.4 Å². The van der Waals surface area contributed by atoms with E-state index in [0.29, 0.717) is 5.56 Å². The zero-order valence-electron chi connectivity index (χ0n) is 11.2. The highest BCUT2D eigenvalue weighted by Gasteiger charge is 2.38. The molecule has 1 aromatic carbocycles. The van der Waals surface area contributed by atoms with Crippen molar-refractivity contribution in [3.05, 3.63) is 29.8 Å². The molecule has 0 saturated carbocycles. The van der Waals surface area contributed by atoms with Gasteiger partial charge in [-0.25, -0.2) is 8.78 Å². The maximum Gasteiger partial charge on any atom is 0.289 e. The third kappa shape index (κ3) is 5.26. The molecule has 0 bridgehead atoms. The van der Waals surface area contributed by atoms with Crippen molar-refractivity contribution in [3.63, 3.8) is 0 Å². The maximum absolute atomic E-state index is 13.5. The Bertz CT molecular complexity index is 410. The molecule has 110 valence electrons. The van der Waals surface area contributed by atoms with Gasteiger partial charge in [0.2, 0.25) is 0 Å². The molecule has 0 radical (unpaired) electrons. The van der Waals surface area contributed by atoms with Crippen LogP contribution in [0.5, 0.6) is 0 Å². The molecular formula is C13H20ClF2NOS. The highest BCUT2D eigenvalue weighted by molar-refractivity contribution is 8.00. The normalized spacial score (nSPS) is 13.8. The summed E-state index contributed by atoms with van der Waals surface area (Å²) in [5.74, 6) is -3.31. The molecule has 19 heavy (non-hydrogen) atoms. The van der Waals surface area contributed by atoms with Crippen molar-refractivity contribution in [2.75, 3.05) is 6.61 Å². The van der Waals surface area contributed by atoms with Crippen LogP contribution < -0.4 is 5.73 Å². The molecule has 0 spiro atoms. The maximum atomic E-state index is 13.5. The SMILES string of the molecule is CC(C)(C)Sc1ccccc1[C@@H](N)C(F)(F)CO.Cl. The second-order valence-corrected chi connectivity index (χ2v) is 7.02. The summed E-state index contributed by atoms with van der Waals surface area (Å²) in [4.78, 5) is 0.727. The second-order valence-electron chi connectivity index (χ2n) is 5.15. The molecule has 0 aliphatic rings. The summed E-state index contributed by atoms with van der Waals surface area (Å²) in [6.07, 6.45) is 0. The van der Waals surface area contributed by atoms with Gasteiger partial charge in [0.1, 0.15) is 6.61 Å². The van der Waals surface area contributed by atoms with Crippen LogP contribution in [0, 0.1) is 0 Å². The number of rotatable bonds is 4. The molecule has 0 heterocycles. The lowest BCUT2D eigenvalue weighted by molar-refractivity contribution is -0.0717. The molecule has 0 aliphatic heterocycles. The molecule has 1 rings (SSSR count). The summed E-state index contributed by atoms with van der Waals surface area (Å²) in [7, 11) is 0.